The molecule has 1 unspecified atom stereocenters. The molecule has 0 saturated carbocycles. The lowest BCUT2D eigenvalue weighted by Crippen LogP contribution is -2.50. The number of piperidine rings is 1. The van der Waals surface area contributed by atoms with Crippen molar-refractivity contribution in [3.05, 3.63) is 0 Å². The smallest absolute Gasteiger partial charge is 0.216 e. The summed E-state index contributed by atoms with van der Waals surface area (Å²) < 4.78 is 26.4. The van der Waals surface area contributed by atoms with Crippen molar-refractivity contribution in [2.75, 3.05) is 13.1 Å². The maximum Gasteiger partial charge on any atom is 0.216 e. The molecule has 1 atom stereocenters. The molecule has 0 aliphatic carbocycles. The van der Waals surface area contributed by atoms with Crippen LogP contribution >= 0.6 is 12.4 Å². The van der Waals surface area contributed by atoms with Gasteiger partial charge in [-0.2, -0.15) is 0 Å². The Kier molecular flexibility index (Phi) is 5.54. The maximum atomic E-state index is 11.9. The van der Waals surface area contributed by atoms with E-state index in [0.717, 1.165) is 19.4 Å². The van der Waals surface area contributed by atoms with Crippen LogP contribution in [-0.4, -0.2) is 32.3 Å². The van der Waals surface area contributed by atoms with E-state index in [9.17, 15) is 8.42 Å². The van der Waals surface area contributed by atoms with Gasteiger partial charge in [-0.25, -0.2) is 13.1 Å². The minimum atomic E-state index is -3.15. The number of halogens is 1. The van der Waals surface area contributed by atoms with Crippen LogP contribution in [0.3, 0.4) is 0 Å². The fourth-order valence-corrected chi connectivity index (χ4v) is 3.43. The second-order valence-electron chi connectivity index (χ2n) is 4.87. The van der Waals surface area contributed by atoms with Crippen molar-refractivity contribution >= 4 is 22.4 Å². The minimum Gasteiger partial charge on any atom is -0.315 e. The molecular weight excluding hydrogens is 236 g/mol. The lowest BCUT2D eigenvalue weighted by Gasteiger charge is -2.27. The van der Waals surface area contributed by atoms with Gasteiger partial charge in [0.15, 0.2) is 0 Å². The summed E-state index contributed by atoms with van der Waals surface area (Å²) in [5.74, 6) is 0. The molecule has 0 bridgehead atoms. The van der Waals surface area contributed by atoms with Crippen molar-refractivity contribution in [1.29, 1.82) is 0 Å². The van der Waals surface area contributed by atoms with Crippen LogP contribution < -0.4 is 10.0 Å². The van der Waals surface area contributed by atoms with Crippen molar-refractivity contribution in [3.8, 4) is 0 Å². The van der Waals surface area contributed by atoms with E-state index in [1.807, 2.05) is 20.8 Å². The molecule has 6 heteroatoms. The van der Waals surface area contributed by atoms with Gasteiger partial charge in [0.2, 0.25) is 10.0 Å². The molecule has 15 heavy (non-hydrogen) atoms. The first kappa shape index (κ1) is 15.2. The molecule has 1 saturated heterocycles. The van der Waals surface area contributed by atoms with Crippen LogP contribution in [-0.2, 0) is 10.0 Å². The normalized spacial score (nSPS) is 23.3. The topological polar surface area (TPSA) is 58.2 Å². The highest BCUT2D eigenvalue weighted by Crippen LogP contribution is 2.13. The van der Waals surface area contributed by atoms with Crippen LogP contribution in [0.2, 0.25) is 0 Å². The molecule has 1 aliphatic heterocycles. The van der Waals surface area contributed by atoms with Gasteiger partial charge in [-0.1, -0.05) is 0 Å². The summed E-state index contributed by atoms with van der Waals surface area (Å²) in [7, 11) is -3.15. The first-order valence-electron chi connectivity index (χ1n) is 5.05. The molecule has 0 aromatic carbocycles. The lowest BCUT2D eigenvalue weighted by molar-refractivity contribution is 0.457. The van der Waals surface area contributed by atoms with E-state index in [1.165, 1.54) is 0 Å². The van der Waals surface area contributed by atoms with E-state index < -0.39 is 10.0 Å². The van der Waals surface area contributed by atoms with Gasteiger partial charge in [-0.15, -0.1) is 12.4 Å². The van der Waals surface area contributed by atoms with Gasteiger partial charge in [-0.05, 0) is 40.2 Å². The predicted molar refractivity (Wildman–Crippen MR) is 64.9 cm³/mol. The number of sulfonamides is 1. The van der Waals surface area contributed by atoms with Crippen molar-refractivity contribution < 1.29 is 8.42 Å². The molecule has 1 heterocycles. The van der Waals surface area contributed by atoms with Gasteiger partial charge in [-0.3, -0.25) is 0 Å². The van der Waals surface area contributed by atoms with E-state index >= 15 is 0 Å². The molecule has 1 aliphatic rings. The standard InChI is InChI=1S/C9H20N2O2S.ClH/c1-9(2,3)11-14(12,13)8-5-4-6-10-7-8;/h8,10-11H,4-7H2,1-3H3;1H. The molecule has 92 valence electrons. The van der Waals surface area contributed by atoms with Gasteiger partial charge in [0.05, 0.1) is 5.25 Å². The SMILES string of the molecule is CC(C)(C)NS(=O)(=O)C1CCCNC1.Cl. The zero-order chi connectivity index (χ0) is 10.8. The Hall–Kier alpha value is 0.160. The molecule has 0 amide bonds. The fourth-order valence-electron chi connectivity index (χ4n) is 1.59. The Bertz CT molecular complexity index is 279. The van der Waals surface area contributed by atoms with Crippen molar-refractivity contribution in [1.82, 2.24) is 10.0 Å². The number of hydrogen-bond acceptors (Lipinski definition) is 3. The summed E-state index contributed by atoms with van der Waals surface area (Å²) in [5, 5.41) is 2.84. The lowest BCUT2D eigenvalue weighted by atomic mass is 10.1. The van der Waals surface area contributed by atoms with Crippen LogP contribution in [0.5, 0.6) is 0 Å². The number of hydrogen-bond donors (Lipinski definition) is 2. The van der Waals surface area contributed by atoms with Gasteiger partial charge in [0, 0.05) is 12.1 Å². The maximum absolute atomic E-state index is 11.9. The molecular formula is C9H21ClN2O2S. The summed E-state index contributed by atoms with van der Waals surface area (Å²) in [6.45, 7) is 7.09. The van der Waals surface area contributed by atoms with Crippen LogP contribution in [0.4, 0.5) is 0 Å². The zero-order valence-corrected chi connectivity index (χ0v) is 11.2. The second kappa shape index (κ2) is 5.48. The summed E-state index contributed by atoms with van der Waals surface area (Å²) in [6.07, 6.45) is 1.70. The van der Waals surface area contributed by atoms with Crippen LogP contribution in [0, 0.1) is 0 Å². The van der Waals surface area contributed by atoms with Gasteiger partial charge >= 0.3 is 0 Å². The van der Waals surface area contributed by atoms with Gasteiger partial charge in [0.1, 0.15) is 0 Å². The first-order valence-corrected chi connectivity index (χ1v) is 6.59. The molecule has 0 radical (unpaired) electrons. The third kappa shape index (κ3) is 5.15. The highest BCUT2D eigenvalue weighted by Gasteiger charge is 2.30. The van der Waals surface area contributed by atoms with Crippen molar-refractivity contribution in [3.63, 3.8) is 0 Å². The fraction of sp³-hybridized carbons (Fsp3) is 1.00. The first-order chi connectivity index (χ1) is 6.31. The van der Waals surface area contributed by atoms with E-state index in [0.29, 0.717) is 6.54 Å². The Morgan fingerprint density at radius 1 is 1.33 bits per heavy atom. The molecule has 1 fully saturated rings. The monoisotopic (exact) mass is 256 g/mol. The molecule has 2 N–H and O–H groups in total. The Labute approximate surface area is 98.7 Å². The van der Waals surface area contributed by atoms with Crippen LogP contribution in [0.15, 0.2) is 0 Å². The molecule has 0 aromatic heterocycles. The summed E-state index contributed by atoms with van der Waals surface area (Å²) >= 11 is 0. The summed E-state index contributed by atoms with van der Waals surface area (Å²) in [6, 6.07) is 0. The van der Waals surface area contributed by atoms with E-state index in [2.05, 4.69) is 10.0 Å². The molecule has 4 nitrogen and oxygen atoms in total. The third-order valence-electron chi connectivity index (χ3n) is 2.14. The van der Waals surface area contributed by atoms with E-state index in [-0.39, 0.29) is 23.2 Å². The average Bonchev–Trinajstić information content (AvgIpc) is 2.01. The summed E-state index contributed by atoms with van der Waals surface area (Å²) in [4.78, 5) is 0. The third-order valence-corrected chi connectivity index (χ3v) is 4.32. The quantitative estimate of drug-likeness (QED) is 0.771. The van der Waals surface area contributed by atoms with Crippen molar-refractivity contribution in [2.24, 2.45) is 0 Å². The second-order valence-corrected chi connectivity index (χ2v) is 6.83. The molecule has 1 rings (SSSR count). The molecule has 0 spiro atoms. The minimum absolute atomic E-state index is 0. The predicted octanol–water partition coefficient (Wildman–Crippen LogP) is 0.878. The number of rotatable bonds is 2. The highest BCUT2D eigenvalue weighted by atomic mass is 35.5. The van der Waals surface area contributed by atoms with Crippen molar-refractivity contribution in [2.45, 2.75) is 44.4 Å². The Morgan fingerprint density at radius 2 is 1.93 bits per heavy atom. The Balaban J connectivity index is 0.00000196. The summed E-state index contributed by atoms with van der Waals surface area (Å²) in [5.41, 5.74) is -0.379. The molecule has 0 aromatic rings. The largest absolute Gasteiger partial charge is 0.315 e. The zero-order valence-electron chi connectivity index (χ0n) is 9.54. The Morgan fingerprint density at radius 3 is 2.33 bits per heavy atom. The highest BCUT2D eigenvalue weighted by molar-refractivity contribution is 7.90. The van der Waals surface area contributed by atoms with E-state index in [1.54, 1.807) is 0 Å². The van der Waals surface area contributed by atoms with Gasteiger partial charge < -0.3 is 5.32 Å². The van der Waals surface area contributed by atoms with Crippen LogP contribution in [0.1, 0.15) is 33.6 Å². The average molecular weight is 257 g/mol. The van der Waals surface area contributed by atoms with Gasteiger partial charge in [0.25, 0.3) is 0 Å². The number of nitrogens with one attached hydrogen (secondary N) is 2. The van der Waals surface area contributed by atoms with Crippen LogP contribution in [0.25, 0.3) is 0 Å². The van der Waals surface area contributed by atoms with E-state index in [4.69, 9.17) is 0 Å².